The van der Waals surface area contributed by atoms with E-state index in [0.29, 0.717) is 12.8 Å². The molecule has 0 bridgehead atoms. The third kappa shape index (κ3) is 6.47. The second kappa shape index (κ2) is 10.6. The molecule has 0 aliphatic carbocycles. The third-order valence-corrected chi connectivity index (χ3v) is 8.30. The van der Waals surface area contributed by atoms with Crippen LogP contribution in [0.5, 0.6) is 0 Å². The minimum Gasteiger partial charge on any atom is -0.458 e. The molecule has 7 nitrogen and oxygen atoms in total. The fourth-order valence-corrected chi connectivity index (χ4v) is 5.24. The lowest BCUT2D eigenvalue weighted by molar-refractivity contribution is -0.154. The lowest BCUT2D eigenvalue weighted by Crippen LogP contribution is -2.45. The fourth-order valence-electron chi connectivity index (χ4n) is 4.67. The van der Waals surface area contributed by atoms with Crippen LogP contribution in [0.1, 0.15) is 71.5 Å². The number of cyclic esters (lactones) is 1. The first-order valence-corrected chi connectivity index (χ1v) is 13.2. The first-order chi connectivity index (χ1) is 16.2. The molecule has 0 radical (unpaired) electrons. The number of carbonyl (C=O) groups is 2. The van der Waals surface area contributed by atoms with Gasteiger partial charge in [0.1, 0.15) is 11.9 Å². The van der Waals surface area contributed by atoms with E-state index in [1.807, 2.05) is 51.3 Å². The Morgan fingerprint density at radius 1 is 1.23 bits per heavy atom. The largest absolute Gasteiger partial charge is 0.458 e. The number of aromatic nitrogens is 1. The van der Waals surface area contributed by atoms with Gasteiger partial charge in [0.25, 0.3) is 0 Å². The molecule has 1 aromatic heterocycles. The Labute approximate surface area is 212 Å². The van der Waals surface area contributed by atoms with Crippen molar-refractivity contribution in [2.24, 2.45) is 17.3 Å². The summed E-state index contributed by atoms with van der Waals surface area (Å²) >= 11 is 1.55. The molecular weight excluding hydrogens is 466 g/mol. The van der Waals surface area contributed by atoms with E-state index < -0.39 is 35.6 Å². The maximum atomic E-state index is 13.2. The summed E-state index contributed by atoms with van der Waals surface area (Å²) in [6.45, 7) is 12.6. The Morgan fingerprint density at radius 3 is 2.54 bits per heavy atom. The summed E-state index contributed by atoms with van der Waals surface area (Å²) in [4.78, 5) is 30.6. The second-order valence-corrected chi connectivity index (χ2v) is 12.0. The number of ether oxygens (including phenoxy) is 2. The van der Waals surface area contributed by atoms with Gasteiger partial charge in [-0.3, -0.25) is 9.59 Å². The summed E-state index contributed by atoms with van der Waals surface area (Å²) in [5.74, 6) is -1.83. The number of thiazole rings is 1. The van der Waals surface area contributed by atoms with E-state index in [4.69, 9.17) is 9.47 Å². The number of aryl methyl sites for hydroxylation is 1. The SMILES string of the molecule is C/C(=C\c1csc(C)n1)C1C[C@H]2O[C@@]2(C)C/C=C/C(C)[C@H](O)[C@@H](C)C(=O)C(C)(C)[C@@H](O)CC(=O)O1. The van der Waals surface area contributed by atoms with E-state index in [1.165, 1.54) is 0 Å². The number of rotatable bonds is 2. The molecule has 194 valence electrons. The number of nitrogens with zero attached hydrogens (tertiary/aromatic N) is 1. The zero-order chi connectivity index (χ0) is 26.1. The second-order valence-electron chi connectivity index (χ2n) is 10.9. The minimum absolute atomic E-state index is 0.0968. The quantitative estimate of drug-likeness (QED) is 0.351. The van der Waals surface area contributed by atoms with Crippen LogP contribution in [0, 0.1) is 24.2 Å². The van der Waals surface area contributed by atoms with Crippen molar-refractivity contribution >= 4 is 29.2 Å². The number of hydrogen-bond acceptors (Lipinski definition) is 8. The normalized spacial score (nSPS) is 37.9. The first kappa shape index (κ1) is 27.7. The number of carbonyl (C=O) groups excluding carboxylic acids is 2. The molecule has 2 aliphatic heterocycles. The smallest absolute Gasteiger partial charge is 0.309 e. The van der Waals surface area contributed by atoms with Crippen LogP contribution in [0.3, 0.4) is 0 Å². The van der Waals surface area contributed by atoms with Gasteiger partial charge in [-0.25, -0.2) is 4.98 Å². The Bertz CT molecular complexity index is 998. The molecule has 1 saturated heterocycles. The molecule has 2 N–H and O–H groups in total. The topological polar surface area (TPSA) is 109 Å². The molecule has 3 rings (SSSR count). The molecular formula is C27H39NO6S. The number of Topliss-reactive ketones (excluding diaryl/α,β-unsaturated/α-hetero) is 1. The van der Waals surface area contributed by atoms with Crippen molar-refractivity contribution in [1.29, 1.82) is 0 Å². The highest BCUT2D eigenvalue weighted by Crippen LogP contribution is 2.44. The zero-order valence-electron chi connectivity index (χ0n) is 21.8. The standard InChI is InChI=1S/C27H39NO6S/c1-15-9-8-10-27(7)22(34-27)12-20(16(2)11-19-14-35-18(4)28-19)33-23(30)13-21(29)26(5,6)25(32)17(3)24(15)31/h8-9,11,14-15,17,20-22,24,29,31H,10,12-13H2,1-7H3/b9-8+,16-11+/t15?,17-,20?,21+,22-,24+,27+/m1/s1. The van der Waals surface area contributed by atoms with E-state index in [9.17, 15) is 19.8 Å². The van der Waals surface area contributed by atoms with Crippen molar-refractivity contribution in [2.75, 3.05) is 0 Å². The molecule has 35 heavy (non-hydrogen) atoms. The highest BCUT2D eigenvalue weighted by molar-refractivity contribution is 7.09. The molecule has 0 aromatic carbocycles. The predicted octanol–water partition coefficient (Wildman–Crippen LogP) is 4.25. The predicted molar refractivity (Wildman–Crippen MR) is 136 cm³/mol. The Kier molecular flexibility index (Phi) is 8.41. The van der Waals surface area contributed by atoms with Crippen LogP contribution >= 0.6 is 11.3 Å². The molecule has 1 fully saturated rings. The minimum atomic E-state index is -1.25. The third-order valence-electron chi connectivity index (χ3n) is 7.51. The van der Waals surface area contributed by atoms with Crippen molar-refractivity contribution in [1.82, 2.24) is 4.98 Å². The molecule has 0 spiro atoms. The first-order valence-electron chi connectivity index (χ1n) is 12.3. The van der Waals surface area contributed by atoms with Gasteiger partial charge in [0.2, 0.25) is 0 Å². The fraction of sp³-hybridized carbons (Fsp3) is 0.667. The van der Waals surface area contributed by atoms with Gasteiger partial charge in [0, 0.05) is 23.6 Å². The van der Waals surface area contributed by atoms with E-state index >= 15 is 0 Å². The number of aliphatic hydroxyl groups excluding tert-OH is 2. The lowest BCUT2D eigenvalue weighted by Gasteiger charge is -2.34. The Hall–Kier alpha value is -1.87. The summed E-state index contributed by atoms with van der Waals surface area (Å²) in [7, 11) is 0. The average molecular weight is 506 g/mol. The number of hydrogen-bond donors (Lipinski definition) is 2. The maximum Gasteiger partial charge on any atom is 0.309 e. The number of aliphatic hydroxyl groups is 2. The highest BCUT2D eigenvalue weighted by atomic mass is 32.1. The summed E-state index contributed by atoms with van der Waals surface area (Å²) in [5, 5.41) is 24.5. The van der Waals surface area contributed by atoms with Crippen LogP contribution in [-0.4, -0.2) is 57.0 Å². The van der Waals surface area contributed by atoms with Crippen LogP contribution in [0.15, 0.2) is 23.1 Å². The Morgan fingerprint density at radius 2 is 1.91 bits per heavy atom. The molecule has 2 unspecified atom stereocenters. The van der Waals surface area contributed by atoms with Gasteiger partial charge >= 0.3 is 5.97 Å². The summed E-state index contributed by atoms with van der Waals surface area (Å²) in [6.07, 6.45) is 3.84. The number of esters is 1. The molecule has 0 amide bonds. The van der Waals surface area contributed by atoms with Gasteiger partial charge in [0.05, 0.1) is 46.5 Å². The van der Waals surface area contributed by atoms with E-state index in [1.54, 1.807) is 32.1 Å². The van der Waals surface area contributed by atoms with E-state index in [0.717, 1.165) is 16.3 Å². The lowest BCUT2D eigenvalue weighted by atomic mass is 9.73. The van der Waals surface area contributed by atoms with E-state index in [-0.39, 0.29) is 29.8 Å². The van der Waals surface area contributed by atoms with Crippen LogP contribution in [-0.2, 0) is 19.1 Å². The van der Waals surface area contributed by atoms with Crippen molar-refractivity contribution < 1.29 is 29.3 Å². The molecule has 7 atom stereocenters. The van der Waals surface area contributed by atoms with Crippen molar-refractivity contribution in [2.45, 2.75) is 97.7 Å². The highest BCUT2D eigenvalue weighted by Gasteiger charge is 2.52. The molecule has 8 heteroatoms. The van der Waals surface area contributed by atoms with Gasteiger partial charge in [-0.15, -0.1) is 11.3 Å². The molecule has 0 saturated carbocycles. The van der Waals surface area contributed by atoms with Gasteiger partial charge < -0.3 is 19.7 Å². The van der Waals surface area contributed by atoms with Crippen LogP contribution in [0.25, 0.3) is 6.08 Å². The summed E-state index contributed by atoms with van der Waals surface area (Å²) < 4.78 is 11.9. The maximum absolute atomic E-state index is 13.2. The van der Waals surface area contributed by atoms with Crippen molar-refractivity contribution in [3.8, 4) is 0 Å². The zero-order valence-corrected chi connectivity index (χ0v) is 22.6. The van der Waals surface area contributed by atoms with Crippen LogP contribution in [0.4, 0.5) is 0 Å². The van der Waals surface area contributed by atoms with Gasteiger partial charge in [-0.05, 0) is 38.8 Å². The van der Waals surface area contributed by atoms with Crippen LogP contribution in [0.2, 0.25) is 0 Å². The van der Waals surface area contributed by atoms with Gasteiger partial charge in [0.15, 0.2) is 0 Å². The monoisotopic (exact) mass is 505 g/mol. The number of fused-ring (bicyclic) bond motifs is 1. The number of ketones is 1. The molecule has 1 aromatic rings. The summed E-state index contributed by atoms with van der Waals surface area (Å²) in [6, 6.07) is 0. The summed E-state index contributed by atoms with van der Waals surface area (Å²) in [5.41, 5.74) is 0.0391. The number of epoxide rings is 1. The average Bonchev–Trinajstić information content (AvgIpc) is 3.22. The van der Waals surface area contributed by atoms with Crippen LogP contribution < -0.4 is 0 Å². The van der Waals surface area contributed by atoms with Crippen molar-refractivity contribution in [3.05, 3.63) is 33.8 Å². The van der Waals surface area contributed by atoms with Gasteiger partial charge in [-0.1, -0.05) is 39.8 Å². The molecule has 3 heterocycles. The van der Waals surface area contributed by atoms with Crippen molar-refractivity contribution in [3.63, 3.8) is 0 Å². The van der Waals surface area contributed by atoms with Gasteiger partial charge in [-0.2, -0.15) is 0 Å². The van der Waals surface area contributed by atoms with E-state index in [2.05, 4.69) is 4.98 Å². The Balaban J connectivity index is 1.89. The molecule has 2 aliphatic rings.